The summed E-state index contributed by atoms with van der Waals surface area (Å²) in [6.07, 6.45) is -0.449. The molecule has 0 radical (unpaired) electrons. The molecule has 2 aliphatic heterocycles. The van der Waals surface area contributed by atoms with Crippen LogP contribution in [0.3, 0.4) is 0 Å². The molecule has 0 spiro atoms. The van der Waals surface area contributed by atoms with Gasteiger partial charge < -0.3 is 14.4 Å². The van der Waals surface area contributed by atoms with Gasteiger partial charge in [0.2, 0.25) is 6.10 Å². The molecule has 9 heteroatoms. The lowest BCUT2D eigenvalue weighted by atomic mass is 10.1. The number of methoxy groups -OCH3 is 1. The van der Waals surface area contributed by atoms with Gasteiger partial charge in [0.15, 0.2) is 0 Å². The number of rotatable bonds is 4. The number of esters is 1. The first-order valence-corrected chi connectivity index (χ1v) is 12.6. The topological polar surface area (TPSA) is 93.2 Å². The molecule has 180 valence electrons. The molecular formula is C26H24N2O6S. The molecule has 35 heavy (non-hydrogen) atoms. The van der Waals surface area contributed by atoms with E-state index >= 15 is 0 Å². The smallest absolute Gasteiger partial charge is 0.348 e. The van der Waals surface area contributed by atoms with Gasteiger partial charge in [0.05, 0.1) is 29.9 Å². The number of hydrogen-bond donors (Lipinski definition) is 0. The van der Waals surface area contributed by atoms with Crippen LogP contribution in [0.5, 0.6) is 5.75 Å². The molecule has 0 aromatic heterocycles. The van der Waals surface area contributed by atoms with Crippen molar-refractivity contribution in [2.45, 2.75) is 24.3 Å². The minimum Gasteiger partial charge on any atom is -0.475 e. The van der Waals surface area contributed by atoms with Crippen molar-refractivity contribution in [2.24, 2.45) is 0 Å². The molecule has 2 aliphatic rings. The molecule has 0 N–H and O–H groups in total. The van der Waals surface area contributed by atoms with Crippen molar-refractivity contribution < 1.29 is 27.5 Å². The summed E-state index contributed by atoms with van der Waals surface area (Å²) >= 11 is 0. The van der Waals surface area contributed by atoms with Crippen LogP contribution >= 0.6 is 0 Å². The molecule has 0 saturated carbocycles. The summed E-state index contributed by atoms with van der Waals surface area (Å²) in [6, 6.07) is 18.8. The number of amides is 1. The number of fused-ring (bicyclic) bond motifs is 2. The number of para-hydroxylation sites is 2. The number of benzene rings is 3. The Labute approximate surface area is 203 Å². The lowest BCUT2D eigenvalue weighted by molar-refractivity contribution is -0.148. The lowest BCUT2D eigenvalue weighted by Crippen LogP contribution is -2.47. The highest BCUT2D eigenvalue weighted by Crippen LogP contribution is 2.37. The molecule has 8 nitrogen and oxygen atoms in total. The minimum atomic E-state index is -3.71. The summed E-state index contributed by atoms with van der Waals surface area (Å²) in [5.74, 6) is -0.459. The summed E-state index contributed by atoms with van der Waals surface area (Å²) in [7, 11) is -2.44. The Kier molecular flexibility index (Phi) is 5.72. The zero-order valence-electron chi connectivity index (χ0n) is 19.3. The summed E-state index contributed by atoms with van der Waals surface area (Å²) < 4.78 is 38.4. The zero-order chi connectivity index (χ0) is 24.7. The third-order valence-electron chi connectivity index (χ3n) is 6.27. The van der Waals surface area contributed by atoms with E-state index in [9.17, 15) is 18.0 Å². The normalized spacial score (nSPS) is 16.8. The SMILES string of the molecule is COC(=O)[C@H]1CN(C(=O)c2ccc3c(c2)CCN3S(=O)(=O)c2ccc(C)cc2)c2ccccc2O1. The van der Waals surface area contributed by atoms with Crippen LogP contribution in [-0.4, -0.2) is 46.6 Å². The van der Waals surface area contributed by atoms with Gasteiger partial charge in [0.1, 0.15) is 5.75 Å². The molecule has 3 aromatic rings. The number of nitrogens with zero attached hydrogens (tertiary/aromatic N) is 2. The van der Waals surface area contributed by atoms with Crippen molar-refractivity contribution in [3.63, 3.8) is 0 Å². The fraction of sp³-hybridized carbons (Fsp3) is 0.231. The third-order valence-corrected chi connectivity index (χ3v) is 8.10. The first kappa shape index (κ1) is 22.9. The Morgan fingerprint density at radius 1 is 1.00 bits per heavy atom. The zero-order valence-corrected chi connectivity index (χ0v) is 20.1. The summed E-state index contributed by atoms with van der Waals surface area (Å²) in [6.45, 7) is 2.21. The number of aryl methyl sites for hydroxylation is 1. The van der Waals surface area contributed by atoms with Crippen molar-refractivity contribution in [2.75, 3.05) is 29.4 Å². The maximum atomic E-state index is 13.5. The maximum absolute atomic E-state index is 13.5. The van der Waals surface area contributed by atoms with Crippen LogP contribution in [0.4, 0.5) is 11.4 Å². The van der Waals surface area contributed by atoms with Gasteiger partial charge in [-0.2, -0.15) is 0 Å². The van der Waals surface area contributed by atoms with E-state index in [2.05, 4.69) is 0 Å². The fourth-order valence-electron chi connectivity index (χ4n) is 4.43. The van der Waals surface area contributed by atoms with E-state index in [1.165, 1.54) is 16.3 Å². The van der Waals surface area contributed by atoms with Crippen LogP contribution < -0.4 is 13.9 Å². The van der Waals surface area contributed by atoms with Gasteiger partial charge in [-0.15, -0.1) is 0 Å². The molecule has 0 fully saturated rings. The van der Waals surface area contributed by atoms with Gasteiger partial charge >= 0.3 is 5.97 Å². The molecule has 5 rings (SSSR count). The molecule has 1 amide bonds. The van der Waals surface area contributed by atoms with Gasteiger partial charge in [-0.1, -0.05) is 29.8 Å². The van der Waals surface area contributed by atoms with E-state index in [1.807, 2.05) is 6.92 Å². The molecule has 0 unspecified atom stereocenters. The van der Waals surface area contributed by atoms with E-state index in [-0.39, 0.29) is 17.3 Å². The molecule has 3 aromatic carbocycles. The van der Waals surface area contributed by atoms with Crippen LogP contribution in [0.2, 0.25) is 0 Å². The number of hydrogen-bond acceptors (Lipinski definition) is 6. The predicted octanol–water partition coefficient (Wildman–Crippen LogP) is 3.33. The monoisotopic (exact) mass is 492 g/mol. The summed E-state index contributed by atoms with van der Waals surface area (Å²) in [4.78, 5) is 27.4. The molecule has 2 heterocycles. The number of sulfonamides is 1. The van der Waals surface area contributed by atoms with Crippen molar-refractivity contribution in [1.82, 2.24) is 0 Å². The lowest BCUT2D eigenvalue weighted by Gasteiger charge is -2.33. The van der Waals surface area contributed by atoms with E-state index in [0.29, 0.717) is 35.7 Å². The van der Waals surface area contributed by atoms with E-state index in [0.717, 1.165) is 11.1 Å². The second kappa shape index (κ2) is 8.74. The van der Waals surface area contributed by atoms with Crippen LogP contribution in [0.15, 0.2) is 71.6 Å². The molecular weight excluding hydrogens is 468 g/mol. The highest BCUT2D eigenvalue weighted by molar-refractivity contribution is 7.92. The highest BCUT2D eigenvalue weighted by atomic mass is 32.2. The van der Waals surface area contributed by atoms with E-state index < -0.39 is 22.1 Å². The van der Waals surface area contributed by atoms with Gasteiger partial charge in [0.25, 0.3) is 15.9 Å². The van der Waals surface area contributed by atoms with Crippen LogP contribution in [0.25, 0.3) is 0 Å². The second-order valence-electron chi connectivity index (χ2n) is 8.50. The fourth-order valence-corrected chi connectivity index (χ4v) is 5.93. The Hall–Kier alpha value is -3.85. The Bertz CT molecular complexity index is 1420. The number of carbonyl (C=O) groups is 2. The van der Waals surface area contributed by atoms with Gasteiger partial charge in [-0.25, -0.2) is 13.2 Å². The molecule has 0 bridgehead atoms. The summed E-state index contributed by atoms with van der Waals surface area (Å²) in [5.41, 5.74) is 3.28. The number of anilines is 2. The Morgan fingerprint density at radius 2 is 1.74 bits per heavy atom. The van der Waals surface area contributed by atoms with Crippen molar-refractivity contribution >= 4 is 33.3 Å². The predicted molar refractivity (Wildman–Crippen MR) is 130 cm³/mol. The average Bonchev–Trinajstić information content (AvgIpc) is 3.31. The quantitative estimate of drug-likeness (QED) is 0.519. The van der Waals surface area contributed by atoms with Gasteiger partial charge in [0, 0.05) is 12.1 Å². The largest absolute Gasteiger partial charge is 0.475 e. The number of carbonyl (C=O) groups excluding carboxylic acids is 2. The van der Waals surface area contributed by atoms with E-state index in [4.69, 9.17) is 9.47 Å². The van der Waals surface area contributed by atoms with E-state index in [1.54, 1.807) is 66.7 Å². The highest BCUT2D eigenvalue weighted by Gasteiger charge is 2.36. The Balaban J connectivity index is 1.45. The average molecular weight is 493 g/mol. The minimum absolute atomic E-state index is 0.00747. The second-order valence-corrected chi connectivity index (χ2v) is 10.4. The standard InChI is InChI=1S/C26H24N2O6S/c1-17-7-10-20(11-8-17)35(31,32)28-14-13-18-15-19(9-12-21(18)28)25(29)27-16-24(26(30)33-2)34-23-6-4-3-5-22(23)27/h3-12,15,24H,13-14,16H2,1-2H3/t24-/m1/s1. The van der Waals surface area contributed by atoms with Crippen LogP contribution in [0.1, 0.15) is 21.5 Å². The molecule has 0 aliphatic carbocycles. The third kappa shape index (κ3) is 4.01. The van der Waals surface area contributed by atoms with Crippen LogP contribution in [0, 0.1) is 6.92 Å². The first-order valence-electron chi connectivity index (χ1n) is 11.2. The summed E-state index contributed by atoms with van der Waals surface area (Å²) in [5, 5.41) is 0. The molecule has 0 saturated heterocycles. The van der Waals surface area contributed by atoms with Crippen molar-refractivity contribution in [1.29, 1.82) is 0 Å². The van der Waals surface area contributed by atoms with Gasteiger partial charge in [-0.3, -0.25) is 9.10 Å². The maximum Gasteiger partial charge on any atom is 0.348 e. The Morgan fingerprint density at radius 3 is 2.49 bits per heavy atom. The van der Waals surface area contributed by atoms with Crippen LogP contribution in [-0.2, 0) is 26.0 Å². The molecule has 1 atom stereocenters. The first-order chi connectivity index (χ1) is 16.8. The number of ether oxygens (including phenoxy) is 2. The van der Waals surface area contributed by atoms with Crippen molar-refractivity contribution in [3.05, 3.63) is 83.4 Å². The van der Waals surface area contributed by atoms with Gasteiger partial charge in [-0.05, 0) is 61.4 Å². The van der Waals surface area contributed by atoms with Crippen molar-refractivity contribution in [3.8, 4) is 5.75 Å².